The Labute approximate surface area is 105 Å². The van der Waals surface area contributed by atoms with E-state index in [9.17, 15) is 19.8 Å². The number of ketones is 1. The van der Waals surface area contributed by atoms with Gasteiger partial charge in [0.1, 0.15) is 5.75 Å². The molecule has 0 radical (unpaired) electrons. The Morgan fingerprint density at radius 2 is 2.06 bits per heavy atom. The van der Waals surface area contributed by atoms with Crippen molar-refractivity contribution < 1.29 is 19.8 Å². The minimum absolute atomic E-state index is 0.136. The van der Waals surface area contributed by atoms with Gasteiger partial charge in [-0.15, -0.1) is 0 Å². The van der Waals surface area contributed by atoms with Gasteiger partial charge < -0.3 is 10.2 Å². The van der Waals surface area contributed by atoms with Crippen LogP contribution in [0, 0.1) is 11.3 Å². The Bertz CT molecular complexity index is 517. The maximum Gasteiger partial charge on any atom is 0.309 e. The number of benzene rings is 1. The first kappa shape index (κ1) is 12.6. The molecule has 96 valence electrons. The van der Waals surface area contributed by atoms with Gasteiger partial charge in [0.15, 0.2) is 5.78 Å². The first-order valence-electron chi connectivity index (χ1n) is 5.93. The minimum Gasteiger partial charge on any atom is -0.508 e. The van der Waals surface area contributed by atoms with Crippen LogP contribution < -0.4 is 0 Å². The van der Waals surface area contributed by atoms with E-state index >= 15 is 0 Å². The van der Waals surface area contributed by atoms with Gasteiger partial charge in [0.25, 0.3) is 0 Å². The van der Waals surface area contributed by atoms with Crippen LogP contribution in [0.3, 0.4) is 0 Å². The molecule has 4 heteroatoms. The molecule has 0 heterocycles. The van der Waals surface area contributed by atoms with E-state index in [0.717, 1.165) is 5.56 Å². The molecule has 0 spiro atoms. The first-order chi connectivity index (χ1) is 8.34. The molecule has 0 bridgehead atoms. The molecule has 1 aromatic rings. The smallest absolute Gasteiger partial charge is 0.309 e. The summed E-state index contributed by atoms with van der Waals surface area (Å²) in [6, 6.07) is 4.63. The summed E-state index contributed by atoms with van der Waals surface area (Å²) in [6.45, 7) is 3.17. The fourth-order valence-corrected chi connectivity index (χ4v) is 2.48. The van der Waals surface area contributed by atoms with Gasteiger partial charge in [-0.1, -0.05) is 0 Å². The number of phenolic OH excluding ortho intramolecular Hbond substituents is 1. The Balaban J connectivity index is 2.40. The second-order valence-corrected chi connectivity index (χ2v) is 5.32. The van der Waals surface area contributed by atoms with Gasteiger partial charge in [0.2, 0.25) is 0 Å². The summed E-state index contributed by atoms with van der Waals surface area (Å²) in [7, 11) is 0. The van der Waals surface area contributed by atoms with Crippen molar-refractivity contribution in [1.29, 1.82) is 0 Å². The molecule has 0 aliphatic heterocycles. The number of aromatic hydroxyl groups is 1. The number of fused-ring (bicyclic) bond motifs is 1. The normalized spacial score (nSPS) is 19.4. The molecule has 0 saturated carbocycles. The second kappa shape index (κ2) is 4.12. The highest BCUT2D eigenvalue weighted by Crippen LogP contribution is 2.38. The molecule has 0 fully saturated rings. The number of hydrogen-bond acceptors (Lipinski definition) is 3. The zero-order valence-corrected chi connectivity index (χ0v) is 10.4. The van der Waals surface area contributed by atoms with E-state index < -0.39 is 17.3 Å². The van der Waals surface area contributed by atoms with Gasteiger partial charge in [-0.25, -0.2) is 0 Å². The van der Waals surface area contributed by atoms with Crippen molar-refractivity contribution in [1.82, 2.24) is 0 Å². The highest BCUT2D eigenvalue weighted by Gasteiger charge is 2.43. The lowest BCUT2D eigenvalue weighted by atomic mass is 9.69. The molecule has 18 heavy (non-hydrogen) atoms. The van der Waals surface area contributed by atoms with Crippen LogP contribution in [0.5, 0.6) is 5.75 Å². The zero-order chi connectivity index (χ0) is 13.5. The number of carboxylic acids is 1. The van der Waals surface area contributed by atoms with Gasteiger partial charge >= 0.3 is 5.97 Å². The van der Waals surface area contributed by atoms with Crippen LogP contribution in [0.25, 0.3) is 0 Å². The second-order valence-electron chi connectivity index (χ2n) is 5.32. The van der Waals surface area contributed by atoms with Crippen molar-refractivity contribution in [2.75, 3.05) is 0 Å². The largest absolute Gasteiger partial charge is 0.508 e. The van der Waals surface area contributed by atoms with E-state index in [1.54, 1.807) is 26.0 Å². The number of aryl methyl sites for hydroxylation is 1. The molecule has 2 N–H and O–H groups in total. The molecule has 1 aliphatic rings. The van der Waals surface area contributed by atoms with Crippen LogP contribution >= 0.6 is 0 Å². The number of aliphatic carboxylic acids is 1. The summed E-state index contributed by atoms with van der Waals surface area (Å²) in [5.74, 6) is -1.46. The summed E-state index contributed by atoms with van der Waals surface area (Å²) < 4.78 is 0. The quantitative estimate of drug-likeness (QED) is 0.841. The summed E-state index contributed by atoms with van der Waals surface area (Å²) in [6.07, 6.45) is 1.13. The SMILES string of the molecule is CC(C)(C(=O)O)C1CCc2cc(O)ccc2C1=O. The fourth-order valence-electron chi connectivity index (χ4n) is 2.48. The maximum atomic E-state index is 12.3. The highest BCUT2D eigenvalue weighted by atomic mass is 16.4. The van der Waals surface area contributed by atoms with Crippen molar-refractivity contribution in [3.8, 4) is 5.75 Å². The van der Waals surface area contributed by atoms with Crippen molar-refractivity contribution in [2.45, 2.75) is 26.7 Å². The lowest BCUT2D eigenvalue weighted by Crippen LogP contribution is -2.40. The van der Waals surface area contributed by atoms with Crippen LogP contribution in [0.4, 0.5) is 0 Å². The average molecular weight is 248 g/mol. The van der Waals surface area contributed by atoms with Crippen LogP contribution in [-0.4, -0.2) is 22.0 Å². The van der Waals surface area contributed by atoms with E-state index in [0.29, 0.717) is 18.4 Å². The van der Waals surface area contributed by atoms with E-state index in [4.69, 9.17) is 0 Å². The molecular formula is C14H16O4. The number of carbonyl (C=O) groups excluding carboxylic acids is 1. The van der Waals surface area contributed by atoms with Gasteiger partial charge in [-0.2, -0.15) is 0 Å². The minimum atomic E-state index is -1.06. The van der Waals surface area contributed by atoms with Gasteiger partial charge in [0.05, 0.1) is 5.41 Å². The Kier molecular flexibility index (Phi) is 2.89. The summed E-state index contributed by atoms with van der Waals surface area (Å²) in [5.41, 5.74) is 0.281. The monoisotopic (exact) mass is 248 g/mol. The molecule has 1 unspecified atom stereocenters. The van der Waals surface area contributed by atoms with Crippen molar-refractivity contribution in [3.63, 3.8) is 0 Å². The zero-order valence-electron chi connectivity index (χ0n) is 10.4. The number of phenols is 1. The van der Waals surface area contributed by atoms with Crippen molar-refractivity contribution in [2.24, 2.45) is 11.3 Å². The lowest BCUT2D eigenvalue weighted by molar-refractivity contribution is -0.149. The van der Waals surface area contributed by atoms with Gasteiger partial charge in [-0.3, -0.25) is 9.59 Å². The number of Topliss-reactive ketones (excluding diaryl/α,β-unsaturated/α-hetero) is 1. The molecule has 0 amide bonds. The number of carbonyl (C=O) groups is 2. The number of hydrogen-bond donors (Lipinski definition) is 2. The molecule has 0 saturated heterocycles. The van der Waals surface area contributed by atoms with E-state index in [-0.39, 0.29) is 11.5 Å². The fraction of sp³-hybridized carbons (Fsp3) is 0.429. The first-order valence-corrected chi connectivity index (χ1v) is 5.93. The predicted molar refractivity (Wildman–Crippen MR) is 65.7 cm³/mol. The number of carboxylic acid groups (broad SMARTS) is 1. The van der Waals surface area contributed by atoms with Crippen molar-refractivity contribution in [3.05, 3.63) is 29.3 Å². The van der Waals surface area contributed by atoms with Crippen LogP contribution in [0.2, 0.25) is 0 Å². The standard InChI is InChI=1S/C14H16O4/c1-14(2,13(17)18)11-6-3-8-7-9(15)4-5-10(8)12(11)16/h4-5,7,11,15H,3,6H2,1-2H3,(H,17,18). The third-order valence-electron chi connectivity index (χ3n) is 3.80. The van der Waals surface area contributed by atoms with Gasteiger partial charge in [-0.05, 0) is 50.5 Å². The molecular weight excluding hydrogens is 232 g/mol. The third-order valence-corrected chi connectivity index (χ3v) is 3.80. The van der Waals surface area contributed by atoms with Crippen LogP contribution in [0.15, 0.2) is 18.2 Å². The Morgan fingerprint density at radius 1 is 1.39 bits per heavy atom. The lowest BCUT2D eigenvalue weighted by Gasteiger charge is -2.33. The summed E-state index contributed by atoms with van der Waals surface area (Å²) in [5, 5.41) is 18.6. The van der Waals surface area contributed by atoms with Gasteiger partial charge in [0, 0.05) is 11.5 Å². The molecule has 2 rings (SSSR count). The van der Waals surface area contributed by atoms with E-state index in [2.05, 4.69) is 0 Å². The predicted octanol–water partition coefficient (Wildman–Crippen LogP) is 2.25. The topological polar surface area (TPSA) is 74.6 Å². The van der Waals surface area contributed by atoms with E-state index in [1.807, 2.05) is 0 Å². The highest BCUT2D eigenvalue weighted by molar-refractivity contribution is 6.02. The molecule has 4 nitrogen and oxygen atoms in total. The Morgan fingerprint density at radius 3 is 2.67 bits per heavy atom. The average Bonchev–Trinajstić information content (AvgIpc) is 2.28. The molecule has 1 aromatic carbocycles. The third kappa shape index (κ3) is 1.88. The summed E-state index contributed by atoms with van der Waals surface area (Å²) in [4.78, 5) is 23.6. The molecule has 1 aliphatic carbocycles. The molecule has 0 aromatic heterocycles. The van der Waals surface area contributed by atoms with Crippen LogP contribution in [-0.2, 0) is 11.2 Å². The van der Waals surface area contributed by atoms with E-state index in [1.165, 1.54) is 6.07 Å². The Hall–Kier alpha value is -1.84. The summed E-state index contributed by atoms with van der Waals surface area (Å²) >= 11 is 0. The molecule has 1 atom stereocenters. The van der Waals surface area contributed by atoms with Crippen LogP contribution in [0.1, 0.15) is 36.2 Å². The van der Waals surface area contributed by atoms with Crippen molar-refractivity contribution >= 4 is 11.8 Å². The maximum absolute atomic E-state index is 12.3. The number of rotatable bonds is 2.